The minimum Gasteiger partial charge on any atom is -0.469 e. The molecule has 0 radical (unpaired) electrons. The van der Waals surface area contributed by atoms with Crippen molar-refractivity contribution in [3.8, 4) is 0 Å². The molecule has 6 heteroatoms. The Morgan fingerprint density at radius 3 is 2.77 bits per heavy atom. The van der Waals surface area contributed by atoms with Gasteiger partial charge >= 0.3 is 0 Å². The first-order chi connectivity index (χ1) is 10.7. The molecule has 0 bridgehead atoms. The van der Waals surface area contributed by atoms with Crippen LogP contribution in [0.2, 0.25) is 0 Å². The van der Waals surface area contributed by atoms with Crippen molar-refractivity contribution in [1.82, 2.24) is 15.5 Å². The summed E-state index contributed by atoms with van der Waals surface area (Å²) in [5, 5.41) is 10.5. The molecular formula is C16H15N3O3. The van der Waals surface area contributed by atoms with Crippen LogP contribution in [0.15, 0.2) is 51.9 Å². The Labute approximate surface area is 126 Å². The second-order valence-electron chi connectivity index (χ2n) is 4.90. The normalized spacial score (nSPS) is 10.7. The second-order valence-corrected chi connectivity index (χ2v) is 4.90. The molecule has 2 heterocycles. The zero-order valence-electron chi connectivity index (χ0n) is 11.8. The van der Waals surface area contributed by atoms with E-state index in [0.717, 1.165) is 5.76 Å². The summed E-state index contributed by atoms with van der Waals surface area (Å²) in [5.74, 6) is 0.684. The predicted molar refractivity (Wildman–Crippen MR) is 81.5 cm³/mol. The van der Waals surface area contributed by atoms with E-state index in [0.29, 0.717) is 29.4 Å². The minimum absolute atomic E-state index is 0.120. The molecule has 0 saturated heterocycles. The van der Waals surface area contributed by atoms with Gasteiger partial charge in [-0.25, -0.2) is 5.10 Å². The van der Waals surface area contributed by atoms with E-state index in [1.807, 2.05) is 18.2 Å². The summed E-state index contributed by atoms with van der Waals surface area (Å²) in [6, 6.07) is 10.8. The molecule has 0 spiro atoms. The summed E-state index contributed by atoms with van der Waals surface area (Å²) in [7, 11) is 0. The molecule has 0 atom stereocenters. The van der Waals surface area contributed by atoms with Crippen LogP contribution < -0.4 is 10.9 Å². The zero-order chi connectivity index (χ0) is 15.4. The number of rotatable bonds is 5. The number of hydrogen-bond donors (Lipinski definition) is 2. The topological polar surface area (TPSA) is 88.0 Å². The Bertz CT molecular complexity index is 837. The number of furan rings is 1. The van der Waals surface area contributed by atoms with Crippen molar-refractivity contribution in [2.45, 2.75) is 12.8 Å². The van der Waals surface area contributed by atoms with Gasteiger partial charge in [-0.3, -0.25) is 9.59 Å². The number of benzene rings is 1. The first-order valence-electron chi connectivity index (χ1n) is 6.99. The maximum atomic E-state index is 12.0. The monoisotopic (exact) mass is 297 g/mol. The van der Waals surface area contributed by atoms with Crippen LogP contribution in [0.4, 0.5) is 0 Å². The molecule has 2 N–H and O–H groups in total. The number of hydrogen-bond acceptors (Lipinski definition) is 4. The van der Waals surface area contributed by atoms with E-state index in [1.165, 1.54) is 0 Å². The molecule has 3 aromatic rings. The molecule has 0 aliphatic rings. The number of fused-ring (bicyclic) bond motifs is 1. The third kappa shape index (κ3) is 3.06. The molecule has 0 aliphatic heterocycles. The molecule has 2 aromatic heterocycles. The molecule has 0 aliphatic carbocycles. The van der Waals surface area contributed by atoms with E-state index in [2.05, 4.69) is 15.5 Å². The highest BCUT2D eigenvalue weighted by atomic mass is 16.3. The van der Waals surface area contributed by atoms with Crippen molar-refractivity contribution >= 4 is 16.7 Å². The average Bonchev–Trinajstić information content (AvgIpc) is 3.04. The maximum Gasteiger partial charge on any atom is 0.272 e. The van der Waals surface area contributed by atoms with Gasteiger partial charge in [-0.2, -0.15) is 5.10 Å². The van der Waals surface area contributed by atoms with Crippen LogP contribution in [0.25, 0.3) is 10.8 Å². The van der Waals surface area contributed by atoms with Gasteiger partial charge in [-0.15, -0.1) is 0 Å². The van der Waals surface area contributed by atoms with Gasteiger partial charge in [-0.05, 0) is 18.2 Å². The SMILES string of the molecule is O=C(Cc1n[nH]c(=O)c2ccccc12)NCCc1ccco1. The average molecular weight is 297 g/mol. The van der Waals surface area contributed by atoms with Gasteiger partial charge in [0.25, 0.3) is 5.56 Å². The van der Waals surface area contributed by atoms with Crippen LogP contribution in [-0.4, -0.2) is 22.6 Å². The van der Waals surface area contributed by atoms with Gasteiger partial charge in [0.1, 0.15) is 5.76 Å². The number of carbonyl (C=O) groups is 1. The van der Waals surface area contributed by atoms with Crippen LogP contribution in [0.1, 0.15) is 11.5 Å². The van der Waals surface area contributed by atoms with E-state index in [9.17, 15) is 9.59 Å². The fraction of sp³-hybridized carbons (Fsp3) is 0.188. The lowest BCUT2D eigenvalue weighted by Gasteiger charge is -2.06. The summed E-state index contributed by atoms with van der Waals surface area (Å²) >= 11 is 0. The highest BCUT2D eigenvalue weighted by Gasteiger charge is 2.10. The van der Waals surface area contributed by atoms with Crippen molar-refractivity contribution in [2.24, 2.45) is 0 Å². The molecule has 0 saturated carbocycles. The quantitative estimate of drug-likeness (QED) is 0.745. The Morgan fingerprint density at radius 1 is 1.18 bits per heavy atom. The van der Waals surface area contributed by atoms with E-state index >= 15 is 0 Å². The summed E-state index contributed by atoms with van der Waals surface area (Å²) in [6.45, 7) is 0.494. The summed E-state index contributed by atoms with van der Waals surface area (Å²) < 4.78 is 5.20. The summed E-state index contributed by atoms with van der Waals surface area (Å²) in [6.07, 6.45) is 2.36. The maximum absolute atomic E-state index is 12.0. The molecule has 0 unspecified atom stereocenters. The largest absolute Gasteiger partial charge is 0.469 e. The van der Waals surface area contributed by atoms with Gasteiger partial charge in [-0.1, -0.05) is 18.2 Å². The lowest BCUT2D eigenvalue weighted by molar-refractivity contribution is -0.120. The van der Waals surface area contributed by atoms with E-state index in [1.54, 1.807) is 24.5 Å². The number of carbonyl (C=O) groups excluding carboxylic acids is 1. The molecule has 6 nitrogen and oxygen atoms in total. The van der Waals surface area contributed by atoms with E-state index in [4.69, 9.17) is 4.42 Å². The lowest BCUT2D eigenvalue weighted by Crippen LogP contribution is -2.28. The van der Waals surface area contributed by atoms with Gasteiger partial charge in [0.15, 0.2) is 0 Å². The fourth-order valence-electron chi connectivity index (χ4n) is 2.30. The molecule has 1 aromatic carbocycles. The Kier molecular flexibility index (Phi) is 4.00. The minimum atomic E-state index is -0.252. The van der Waals surface area contributed by atoms with Gasteiger partial charge in [0, 0.05) is 18.4 Å². The van der Waals surface area contributed by atoms with E-state index < -0.39 is 0 Å². The number of nitrogens with zero attached hydrogens (tertiary/aromatic N) is 1. The fourth-order valence-corrected chi connectivity index (χ4v) is 2.30. The first-order valence-corrected chi connectivity index (χ1v) is 6.99. The highest BCUT2D eigenvalue weighted by molar-refractivity contribution is 5.88. The number of amides is 1. The van der Waals surface area contributed by atoms with Gasteiger partial charge in [0.05, 0.1) is 23.8 Å². The third-order valence-corrected chi connectivity index (χ3v) is 3.38. The second kappa shape index (κ2) is 6.26. The van der Waals surface area contributed by atoms with Crippen molar-refractivity contribution in [3.05, 3.63) is 64.5 Å². The zero-order valence-corrected chi connectivity index (χ0v) is 11.8. The van der Waals surface area contributed by atoms with Crippen molar-refractivity contribution in [1.29, 1.82) is 0 Å². The van der Waals surface area contributed by atoms with Crippen molar-refractivity contribution in [3.63, 3.8) is 0 Å². The molecular weight excluding hydrogens is 282 g/mol. The number of aromatic nitrogens is 2. The first kappa shape index (κ1) is 14.1. The summed E-state index contributed by atoms with van der Waals surface area (Å²) in [4.78, 5) is 23.7. The third-order valence-electron chi connectivity index (χ3n) is 3.38. The molecule has 0 fully saturated rings. The standard InChI is InChI=1S/C16H15N3O3/c20-15(17-8-7-11-4-3-9-22-11)10-14-12-5-1-2-6-13(12)16(21)19-18-14/h1-6,9H,7-8,10H2,(H,17,20)(H,19,21). The summed E-state index contributed by atoms with van der Waals surface area (Å²) in [5.41, 5.74) is 0.309. The molecule has 1 amide bonds. The van der Waals surface area contributed by atoms with Crippen molar-refractivity contribution in [2.75, 3.05) is 6.54 Å². The Hall–Kier alpha value is -2.89. The number of aromatic amines is 1. The number of nitrogens with one attached hydrogen (secondary N) is 2. The highest BCUT2D eigenvalue weighted by Crippen LogP contribution is 2.12. The molecule has 22 heavy (non-hydrogen) atoms. The Balaban J connectivity index is 1.66. The number of H-pyrrole nitrogens is 1. The van der Waals surface area contributed by atoms with Gasteiger partial charge < -0.3 is 9.73 Å². The predicted octanol–water partition coefficient (Wildman–Crippen LogP) is 1.42. The van der Waals surface area contributed by atoms with Crippen LogP contribution in [-0.2, 0) is 17.6 Å². The van der Waals surface area contributed by atoms with Crippen LogP contribution >= 0.6 is 0 Å². The molecule has 3 rings (SSSR count). The van der Waals surface area contributed by atoms with Crippen LogP contribution in [0.3, 0.4) is 0 Å². The lowest BCUT2D eigenvalue weighted by atomic mass is 10.1. The Morgan fingerprint density at radius 2 is 2.00 bits per heavy atom. The van der Waals surface area contributed by atoms with Crippen molar-refractivity contribution < 1.29 is 9.21 Å². The van der Waals surface area contributed by atoms with E-state index in [-0.39, 0.29) is 17.9 Å². The van der Waals surface area contributed by atoms with Gasteiger partial charge in [0.2, 0.25) is 5.91 Å². The molecule has 112 valence electrons. The van der Waals surface area contributed by atoms with Crippen LogP contribution in [0, 0.1) is 0 Å². The smallest absolute Gasteiger partial charge is 0.272 e. The van der Waals surface area contributed by atoms with Crippen LogP contribution in [0.5, 0.6) is 0 Å².